The van der Waals surface area contributed by atoms with Crippen molar-refractivity contribution in [2.45, 2.75) is 38.1 Å². The van der Waals surface area contributed by atoms with Gasteiger partial charge < -0.3 is 10.3 Å². The van der Waals surface area contributed by atoms with Gasteiger partial charge in [-0.3, -0.25) is 14.1 Å². The fraction of sp³-hybridized carbons (Fsp3) is 0.214. The molecule has 3 aromatic carbocycles. The standard InChI is InChI=1S/C28H29FN4O4S/c1-2-21-18-30-27(31-21)26(17-20-12-14-22(15-13-20)33-38(35,36)37)32-28(34)24(16-19-8-4-3-5-9-19)23-10-6-7-11-25(23)29/h3-15,18,24,26,33H,2,16-17H2,1H3,(H,30,31)(H,32,34)(H,35,36,37). The number of carbonyl (C=O) groups is 1. The molecule has 0 aliphatic heterocycles. The Morgan fingerprint density at radius 3 is 2.26 bits per heavy atom. The molecule has 198 valence electrons. The molecule has 0 spiro atoms. The highest BCUT2D eigenvalue weighted by atomic mass is 32.2. The van der Waals surface area contributed by atoms with Gasteiger partial charge in [-0.05, 0) is 48.6 Å². The van der Waals surface area contributed by atoms with Crippen LogP contribution in [-0.2, 0) is 34.4 Å². The zero-order valence-electron chi connectivity index (χ0n) is 20.8. The maximum Gasteiger partial charge on any atom is 0.357 e. The molecule has 1 heterocycles. The first-order valence-corrected chi connectivity index (χ1v) is 13.6. The summed E-state index contributed by atoms with van der Waals surface area (Å²) in [5.41, 5.74) is 3.03. The van der Waals surface area contributed by atoms with E-state index in [1.54, 1.807) is 36.5 Å². The highest BCUT2D eigenvalue weighted by Crippen LogP contribution is 2.26. The normalized spacial score (nSPS) is 13.0. The van der Waals surface area contributed by atoms with Gasteiger partial charge in [-0.25, -0.2) is 9.37 Å². The molecule has 1 amide bonds. The first-order valence-electron chi connectivity index (χ1n) is 12.2. The second-order valence-corrected chi connectivity index (χ2v) is 10.1. The van der Waals surface area contributed by atoms with Crippen LogP contribution in [0.15, 0.2) is 85.1 Å². The predicted octanol–water partition coefficient (Wildman–Crippen LogP) is 4.75. The third kappa shape index (κ3) is 7.27. The van der Waals surface area contributed by atoms with Crippen LogP contribution in [0.5, 0.6) is 0 Å². The number of aryl methyl sites for hydroxylation is 1. The molecule has 0 saturated carbocycles. The lowest BCUT2D eigenvalue weighted by molar-refractivity contribution is -0.123. The molecule has 0 aliphatic carbocycles. The van der Waals surface area contributed by atoms with Gasteiger partial charge in [-0.2, -0.15) is 8.42 Å². The van der Waals surface area contributed by atoms with Crippen LogP contribution in [-0.4, -0.2) is 28.8 Å². The van der Waals surface area contributed by atoms with Crippen molar-refractivity contribution in [3.8, 4) is 0 Å². The predicted molar refractivity (Wildman–Crippen MR) is 143 cm³/mol. The molecule has 8 nitrogen and oxygen atoms in total. The minimum atomic E-state index is -4.39. The molecule has 10 heteroatoms. The molecule has 0 saturated heterocycles. The number of nitrogens with zero attached hydrogens (tertiary/aromatic N) is 1. The van der Waals surface area contributed by atoms with Gasteiger partial charge in [0.15, 0.2) is 0 Å². The molecule has 0 aliphatic rings. The fourth-order valence-electron chi connectivity index (χ4n) is 4.27. The number of rotatable bonds is 11. The Bertz CT molecular complexity index is 1470. The molecule has 4 aromatic rings. The van der Waals surface area contributed by atoms with Crippen molar-refractivity contribution >= 4 is 21.9 Å². The van der Waals surface area contributed by atoms with Gasteiger partial charge in [0.1, 0.15) is 11.6 Å². The molecule has 38 heavy (non-hydrogen) atoms. The smallest absolute Gasteiger partial charge is 0.347 e. The molecule has 1 aromatic heterocycles. The maximum atomic E-state index is 14.8. The largest absolute Gasteiger partial charge is 0.357 e. The Balaban J connectivity index is 1.62. The SMILES string of the molecule is CCc1c[nH]c(C(Cc2ccc(NS(=O)(=O)O)cc2)NC(=O)C(Cc2ccccc2)c2ccccc2F)n1. The molecular weight excluding hydrogens is 507 g/mol. The summed E-state index contributed by atoms with van der Waals surface area (Å²) < 4.78 is 48.0. The summed E-state index contributed by atoms with van der Waals surface area (Å²) in [6.07, 6.45) is 3.14. The number of anilines is 1. The van der Waals surface area contributed by atoms with Crippen LogP contribution in [0, 0.1) is 5.82 Å². The Morgan fingerprint density at radius 1 is 0.974 bits per heavy atom. The van der Waals surface area contributed by atoms with E-state index in [9.17, 15) is 17.6 Å². The number of amides is 1. The lowest BCUT2D eigenvalue weighted by atomic mass is 9.90. The fourth-order valence-corrected chi connectivity index (χ4v) is 4.70. The number of nitrogens with one attached hydrogen (secondary N) is 3. The van der Waals surface area contributed by atoms with Crippen molar-refractivity contribution in [3.63, 3.8) is 0 Å². The van der Waals surface area contributed by atoms with Crippen LogP contribution in [0.25, 0.3) is 0 Å². The molecular formula is C28H29FN4O4S. The van der Waals surface area contributed by atoms with Crippen molar-refractivity contribution in [1.29, 1.82) is 0 Å². The zero-order chi connectivity index (χ0) is 27.1. The van der Waals surface area contributed by atoms with Crippen molar-refractivity contribution in [2.24, 2.45) is 0 Å². The summed E-state index contributed by atoms with van der Waals surface area (Å²) in [6, 6.07) is 21.6. The maximum absolute atomic E-state index is 14.8. The van der Waals surface area contributed by atoms with Crippen LogP contribution >= 0.6 is 0 Å². The molecule has 0 radical (unpaired) electrons. The Labute approximate surface area is 221 Å². The summed E-state index contributed by atoms with van der Waals surface area (Å²) in [5, 5.41) is 3.07. The molecule has 0 fully saturated rings. The van der Waals surface area contributed by atoms with Gasteiger partial charge >= 0.3 is 10.3 Å². The van der Waals surface area contributed by atoms with Crippen LogP contribution in [0.2, 0.25) is 0 Å². The van der Waals surface area contributed by atoms with Crippen LogP contribution in [0.3, 0.4) is 0 Å². The number of H-pyrrole nitrogens is 1. The van der Waals surface area contributed by atoms with E-state index in [0.717, 1.165) is 16.8 Å². The number of hydrogen-bond donors (Lipinski definition) is 4. The van der Waals surface area contributed by atoms with E-state index < -0.39 is 28.1 Å². The van der Waals surface area contributed by atoms with Gasteiger partial charge in [0.25, 0.3) is 0 Å². The number of benzene rings is 3. The minimum Gasteiger partial charge on any atom is -0.347 e. The summed E-state index contributed by atoms with van der Waals surface area (Å²) >= 11 is 0. The molecule has 2 atom stereocenters. The molecule has 0 bridgehead atoms. The molecule has 4 N–H and O–H groups in total. The number of hydrogen-bond acceptors (Lipinski definition) is 4. The average Bonchev–Trinajstić information content (AvgIpc) is 3.38. The third-order valence-electron chi connectivity index (χ3n) is 6.18. The Hall–Kier alpha value is -4.02. The highest BCUT2D eigenvalue weighted by molar-refractivity contribution is 7.87. The van der Waals surface area contributed by atoms with Gasteiger partial charge in [-0.1, -0.05) is 67.6 Å². The van der Waals surface area contributed by atoms with Gasteiger partial charge in [0.2, 0.25) is 5.91 Å². The Kier molecular flexibility index (Phi) is 8.55. The average molecular weight is 537 g/mol. The van der Waals surface area contributed by atoms with Gasteiger partial charge in [-0.15, -0.1) is 0 Å². The number of halogens is 1. The summed E-state index contributed by atoms with van der Waals surface area (Å²) in [7, 11) is -4.39. The van der Waals surface area contributed by atoms with E-state index in [1.807, 2.05) is 42.0 Å². The van der Waals surface area contributed by atoms with Crippen LogP contribution in [0.4, 0.5) is 10.1 Å². The number of aromatic nitrogens is 2. The van der Waals surface area contributed by atoms with Gasteiger partial charge in [0, 0.05) is 11.8 Å². The topological polar surface area (TPSA) is 124 Å². The Morgan fingerprint density at radius 2 is 1.63 bits per heavy atom. The molecule has 4 rings (SSSR count). The highest BCUT2D eigenvalue weighted by Gasteiger charge is 2.28. The first-order chi connectivity index (χ1) is 18.2. The summed E-state index contributed by atoms with van der Waals surface area (Å²) in [4.78, 5) is 21.5. The van der Waals surface area contributed by atoms with Crippen LogP contribution < -0.4 is 10.0 Å². The van der Waals surface area contributed by atoms with Crippen molar-refractivity contribution in [3.05, 3.63) is 119 Å². The minimum absolute atomic E-state index is 0.200. The second-order valence-electron chi connectivity index (χ2n) is 8.93. The number of carbonyl (C=O) groups excluding carboxylic acids is 1. The van der Waals surface area contributed by atoms with E-state index in [1.165, 1.54) is 18.2 Å². The van der Waals surface area contributed by atoms with Gasteiger partial charge in [0.05, 0.1) is 23.3 Å². The monoisotopic (exact) mass is 536 g/mol. The third-order valence-corrected chi connectivity index (χ3v) is 6.67. The van der Waals surface area contributed by atoms with Crippen molar-refractivity contribution in [1.82, 2.24) is 15.3 Å². The number of imidazole rings is 1. The van der Waals surface area contributed by atoms with E-state index >= 15 is 0 Å². The van der Waals surface area contributed by atoms with E-state index in [2.05, 4.69) is 15.3 Å². The summed E-state index contributed by atoms with van der Waals surface area (Å²) in [5.74, 6) is -1.01. The van der Waals surface area contributed by atoms with E-state index in [-0.39, 0.29) is 11.6 Å². The lowest BCUT2D eigenvalue weighted by Crippen LogP contribution is -2.35. The number of aromatic amines is 1. The molecule has 2 unspecified atom stereocenters. The van der Waals surface area contributed by atoms with Crippen LogP contribution in [0.1, 0.15) is 47.1 Å². The lowest BCUT2D eigenvalue weighted by Gasteiger charge is -2.23. The second kappa shape index (κ2) is 12.0. The van der Waals surface area contributed by atoms with Crippen molar-refractivity contribution in [2.75, 3.05) is 4.72 Å². The van der Waals surface area contributed by atoms with Crippen molar-refractivity contribution < 1.29 is 22.2 Å². The van der Waals surface area contributed by atoms with E-state index in [0.29, 0.717) is 30.7 Å². The van der Waals surface area contributed by atoms with E-state index in [4.69, 9.17) is 4.55 Å². The first kappa shape index (κ1) is 27.0. The quantitative estimate of drug-likeness (QED) is 0.206. The summed E-state index contributed by atoms with van der Waals surface area (Å²) in [6.45, 7) is 1.97. The zero-order valence-corrected chi connectivity index (χ0v) is 21.6.